The van der Waals surface area contributed by atoms with E-state index in [-0.39, 0.29) is 5.69 Å². The van der Waals surface area contributed by atoms with Crippen LogP contribution >= 0.6 is 0 Å². The predicted molar refractivity (Wildman–Crippen MR) is 92.9 cm³/mol. The summed E-state index contributed by atoms with van der Waals surface area (Å²) in [6, 6.07) is 8.41. The van der Waals surface area contributed by atoms with Crippen molar-refractivity contribution in [2.75, 3.05) is 18.4 Å². The van der Waals surface area contributed by atoms with Crippen LogP contribution in [0.1, 0.15) is 18.5 Å². The van der Waals surface area contributed by atoms with Gasteiger partial charge in [-0.1, -0.05) is 6.07 Å². The van der Waals surface area contributed by atoms with E-state index in [4.69, 9.17) is 0 Å². The number of nitro groups is 1. The monoisotopic (exact) mass is 364 g/mol. The minimum atomic E-state index is -0.969. The number of carbonyl (C=O) groups excluding carboxylic acids is 1. The van der Waals surface area contributed by atoms with Gasteiger partial charge in [0.25, 0.3) is 5.69 Å². The summed E-state index contributed by atoms with van der Waals surface area (Å²) in [6.45, 7) is 2.36. The van der Waals surface area contributed by atoms with Crippen LogP contribution in [-0.4, -0.2) is 24.0 Å². The van der Waals surface area contributed by atoms with Crippen molar-refractivity contribution in [2.24, 2.45) is 0 Å². The Morgan fingerprint density at radius 3 is 2.42 bits per heavy atom. The van der Waals surface area contributed by atoms with E-state index in [1.165, 1.54) is 18.2 Å². The number of amides is 2. The van der Waals surface area contributed by atoms with Crippen molar-refractivity contribution in [1.29, 1.82) is 0 Å². The Morgan fingerprint density at radius 1 is 1.12 bits per heavy atom. The number of rotatable bonds is 7. The van der Waals surface area contributed by atoms with E-state index in [0.29, 0.717) is 24.3 Å². The number of non-ortho nitro benzene ring substituents is 1. The lowest BCUT2D eigenvalue weighted by Crippen LogP contribution is -2.39. The lowest BCUT2D eigenvalue weighted by molar-refractivity contribution is -0.384. The van der Waals surface area contributed by atoms with Gasteiger partial charge in [-0.3, -0.25) is 10.1 Å². The number of anilines is 1. The van der Waals surface area contributed by atoms with Gasteiger partial charge in [-0.25, -0.2) is 13.6 Å². The highest BCUT2D eigenvalue weighted by Gasteiger charge is 2.11. The van der Waals surface area contributed by atoms with E-state index in [9.17, 15) is 23.7 Å². The molecule has 1 atom stereocenters. The molecule has 0 unspecified atom stereocenters. The molecule has 0 fully saturated rings. The van der Waals surface area contributed by atoms with Crippen molar-refractivity contribution in [3.8, 4) is 0 Å². The van der Waals surface area contributed by atoms with E-state index >= 15 is 0 Å². The SMILES string of the molecule is C[C@@H](NC(=O)NCCNc1ccc([N+](=O)[O-])cc1)c1ccc(F)c(F)c1. The molecule has 3 N–H and O–H groups in total. The molecule has 0 bridgehead atoms. The number of nitrogens with zero attached hydrogens (tertiary/aromatic N) is 1. The number of halogens is 2. The number of urea groups is 1. The van der Waals surface area contributed by atoms with Crippen molar-refractivity contribution < 1.29 is 18.5 Å². The van der Waals surface area contributed by atoms with Gasteiger partial charge in [0.2, 0.25) is 0 Å². The second kappa shape index (κ2) is 8.75. The van der Waals surface area contributed by atoms with Crippen LogP contribution in [0.25, 0.3) is 0 Å². The van der Waals surface area contributed by atoms with Crippen molar-refractivity contribution in [3.05, 3.63) is 69.8 Å². The smallest absolute Gasteiger partial charge is 0.315 e. The first kappa shape index (κ1) is 19.1. The third-order valence-electron chi connectivity index (χ3n) is 3.61. The molecule has 2 amide bonds. The fourth-order valence-corrected chi connectivity index (χ4v) is 2.20. The van der Waals surface area contributed by atoms with Crippen LogP contribution in [-0.2, 0) is 0 Å². The van der Waals surface area contributed by atoms with Crippen molar-refractivity contribution in [2.45, 2.75) is 13.0 Å². The summed E-state index contributed by atoms with van der Waals surface area (Å²) < 4.78 is 26.1. The normalized spacial score (nSPS) is 11.5. The topological polar surface area (TPSA) is 96.3 Å². The fourth-order valence-electron chi connectivity index (χ4n) is 2.20. The molecule has 0 radical (unpaired) electrons. The Balaban J connectivity index is 1.72. The van der Waals surface area contributed by atoms with Gasteiger partial charge in [-0.2, -0.15) is 0 Å². The van der Waals surface area contributed by atoms with Crippen LogP contribution in [0.4, 0.5) is 25.0 Å². The highest BCUT2D eigenvalue weighted by Crippen LogP contribution is 2.16. The third kappa shape index (κ3) is 5.40. The van der Waals surface area contributed by atoms with E-state index in [0.717, 1.165) is 12.1 Å². The Kier molecular flexibility index (Phi) is 6.42. The molecule has 0 aromatic heterocycles. The first-order valence-electron chi connectivity index (χ1n) is 7.84. The van der Waals surface area contributed by atoms with Gasteiger partial charge >= 0.3 is 6.03 Å². The number of carbonyl (C=O) groups is 1. The summed E-state index contributed by atoms with van der Waals surface area (Å²) in [7, 11) is 0. The Morgan fingerprint density at radius 2 is 1.81 bits per heavy atom. The maximum absolute atomic E-state index is 13.2. The van der Waals surface area contributed by atoms with E-state index in [1.54, 1.807) is 19.1 Å². The van der Waals surface area contributed by atoms with E-state index < -0.39 is 28.6 Å². The van der Waals surface area contributed by atoms with Crippen molar-refractivity contribution in [1.82, 2.24) is 10.6 Å². The maximum Gasteiger partial charge on any atom is 0.315 e. The second-order valence-electron chi connectivity index (χ2n) is 5.53. The van der Waals surface area contributed by atoms with E-state index in [1.807, 2.05) is 0 Å². The number of nitrogens with one attached hydrogen (secondary N) is 3. The number of hydrogen-bond donors (Lipinski definition) is 3. The standard InChI is InChI=1S/C17H18F2N4O3/c1-11(12-2-7-15(18)16(19)10-12)22-17(24)21-9-8-20-13-3-5-14(6-4-13)23(25)26/h2-7,10-11,20H,8-9H2,1H3,(H2,21,22,24)/t11-/m1/s1. The van der Waals surface area contributed by atoms with Gasteiger partial charge < -0.3 is 16.0 Å². The molecule has 0 aliphatic carbocycles. The summed E-state index contributed by atoms with van der Waals surface area (Å²) in [5, 5.41) is 18.8. The minimum Gasteiger partial charge on any atom is -0.383 e. The molecule has 2 rings (SSSR count). The van der Waals surface area contributed by atoms with Crippen LogP contribution in [0.3, 0.4) is 0 Å². The summed E-state index contributed by atoms with van der Waals surface area (Å²) in [6.07, 6.45) is 0. The van der Waals surface area contributed by atoms with Crippen molar-refractivity contribution in [3.63, 3.8) is 0 Å². The predicted octanol–water partition coefficient (Wildman–Crippen LogP) is 3.35. The third-order valence-corrected chi connectivity index (χ3v) is 3.61. The highest BCUT2D eigenvalue weighted by molar-refractivity contribution is 5.74. The molecule has 7 nitrogen and oxygen atoms in total. The van der Waals surface area contributed by atoms with Crippen LogP contribution in [0, 0.1) is 21.7 Å². The van der Waals surface area contributed by atoms with Gasteiger partial charge in [-0.15, -0.1) is 0 Å². The summed E-state index contributed by atoms with van der Waals surface area (Å²) in [4.78, 5) is 21.9. The van der Waals surface area contributed by atoms with Gasteiger partial charge in [0, 0.05) is 30.9 Å². The quantitative estimate of drug-likeness (QED) is 0.399. The molecule has 2 aromatic carbocycles. The molecular formula is C17H18F2N4O3. The van der Waals surface area contributed by atoms with Gasteiger partial charge in [-0.05, 0) is 36.8 Å². The average Bonchev–Trinajstić information content (AvgIpc) is 2.61. The zero-order valence-electron chi connectivity index (χ0n) is 14.0. The molecular weight excluding hydrogens is 346 g/mol. The number of benzene rings is 2. The van der Waals surface area contributed by atoms with Crippen molar-refractivity contribution >= 4 is 17.4 Å². The average molecular weight is 364 g/mol. The highest BCUT2D eigenvalue weighted by atomic mass is 19.2. The molecule has 138 valence electrons. The fraction of sp³-hybridized carbons (Fsp3) is 0.235. The maximum atomic E-state index is 13.2. The molecule has 0 heterocycles. The summed E-state index contributed by atoms with van der Waals surface area (Å²) in [5.41, 5.74) is 1.13. The molecule has 0 aliphatic rings. The first-order chi connectivity index (χ1) is 12.4. The Bertz CT molecular complexity index is 784. The molecule has 0 saturated carbocycles. The molecule has 2 aromatic rings. The molecule has 0 aliphatic heterocycles. The van der Waals surface area contributed by atoms with Crippen LogP contribution in [0.2, 0.25) is 0 Å². The second-order valence-corrected chi connectivity index (χ2v) is 5.53. The minimum absolute atomic E-state index is 0.000676. The molecule has 26 heavy (non-hydrogen) atoms. The van der Waals surface area contributed by atoms with E-state index in [2.05, 4.69) is 16.0 Å². The van der Waals surface area contributed by atoms with Gasteiger partial charge in [0.05, 0.1) is 11.0 Å². The van der Waals surface area contributed by atoms with Gasteiger partial charge in [0.1, 0.15) is 0 Å². The number of nitro benzene ring substituents is 1. The molecule has 0 spiro atoms. The van der Waals surface area contributed by atoms with Crippen LogP contribution < -0.4 is 16.0 Å². The largest absolute Gasteiger partial charge is 0.383 e. The summed E-state index contributed by atoms with van der Waals surface area (Å²) >= 11 is 0. The molecule has 0 saturated heterocycles. The zero-order valence-corrected chi connectivity index (χ0v) is 14.0. The summed E-state index contributed by atoms with van der Waals surface area (Å²) in [5.74, 6) is -1.91. The lowest BCUT2D eigenvalue weighted by Gasteiger charge is -2.15. The lowest BCUT2D eigenvalue weighted by atomic mass is 10.1. The molecule has 9 heteroatoms. The van der Waals surface area contributed by atoms with Crippen LogP contribution in [0.5, 0.6) is 0 Å². The zero-order chi connectivity index (χ0) is 19.1. The first-order valence-corrected chi connectivity index (χ1v) is 7.84. The van der Waals surface area contributed by atoms with Gasteiger partial charge in [0.15, 0.2) is 11.6 Å². The Labute approximate surface area is 148 Å². The van der Waals surface area contributed by atoms with Crippen LogP contribution in [0.15, 0.2) is 42.5 Å². The Hall–Kier alpha value is -3.23. The number of hydrogen-bond acceptors (Lipinski definition) is 4.